The van der Waals surface area contributed by atoms with Crippen molar-refractivity contribution in [1.29, 1.82) is 0 Å². The van der Waals surface area contributed by atoms with Crippen molar-refractivity contribution in [3.8, 4) is 0 Å². The molecule has 1 aromatic heterocycles. The maximum atomic E-state index is 6.05. The first kappa shape index (κ1) is 14.6. The van der Waals surface area contributed by atoms with E-state index < -0.39 is 0 Å². The fraction of sp³-hybridized carbons (Fsp3) is 0.500. The highest BCUT2D eigenvalue weighted by Crippen LogP contribution is 2.30. The normalized spacial score (nSPS) is 19.7. The van der Waals surface area contributed by atoms with E-state index in [-0.39, 0.29) is 0 Å². The number of hydrogen-bond acceptors (Lipinski definition) is 2. The molecule has 2 heterocycles. The molecule has 0 radical (unpaired) electrons. The molecule has 0 amide bonds. The van der Waals surface area contributed by atoms with Gasteiger partial charge in [0.25, 0.3) is 0 Å². The molecule has 3 rings (SSSR count). The van der Waals surface area contributed by atoms with Gasteiger partial charge < -0.3 is 4.90 Å². The average molecular weight is 303 g/mol. The van der Waals surface area contributed by atoms with Crippen molar-refractivity contribution in [3.05, 3.63) is 36.0 Å². The second-order valence-electron chi connectivity index (χ2n) is 5.98. The van der Waals surface area contributed by atoms with Gasteiger partial charge in [-0.15, -0.1) is 11.6 Å². The van der Waals surface area contributed by atoms with E-state index in [0.29, 0.717) is 5.88 Å². The summed E-state index contributed by atoms with van der Waals surface area (Å²) in [6.07, 6.45) is 7.15. The topological polar surface area (TPSA) is 16.1 Å². The molecule has 1 aliphatic rings. The first-order valence-electron chi connectivity index (χ1n) is 8.01. The number of halogens is 1. The van der Waals surface area contributed by atoms with Gasteiger partial charge in [0.2, 0.25) is 0 Å². The molecule has 0 N–H and O–H groups in total. The molecule has 0 spiro atoms. The maximum Gasteiger partial charge on any atom is 0.136 e. The summed E-state index contributed by atoms with van der Waals surface area (Å²) < 4.78 is 0. The molecule has 1 fully saturated rings. The van der Waals surface area contributed by atoms with Gasteiger partial charge in [0.1, 0.15) is 5.82 Å². The Morgan fingerprint density at radius 1 is 1.19 bits per heavy atom. The Bertz CT molecular complexity index is 611. The van der Waals surface area contributed by atoms with E-state index in [1.165, 1.54) is 36.5 Å². The van der Waals surface area contributed by atoms with Crippen molar-refractivity contribution in [2.24, 2.45) is 5.92 Å². The third-order valence-electron chi connectivity index (χ3n) is 4.73. The minimum atomic E-state index is 0.520. The molecule has 2 nitrogen and oxygen atoms in total. The number of aromatic nitrogens is 1. The summed E-state index contributed by atoms with van der Waals surface area (Å²) in [4.78, 5) is 7.20. The molecular weight excluding hydrogens is 280 g/mol. The van der Waals surface area contributed by atoms with Gasteiger partial charge in [0.15, 0.2) is 0 Å². The van der Waals surface area contributed by atoms with Gasteiger partial charge in [0, 0.05) is 30.6 Å². The van der Waals surface area contributed by atoms with Crippen molar-refractivity contribution in [2.45, 2.75) is 38.5 Å². The predicted octanol–water partition coefficient (Wildman–Crippen LogP) is 4.99. The molecule has 0 saturated carbocycles. The predicted molar refractivity (Wildman–Crippen MR) is 91.1 cm³/mol. The molecule has 1 unspecified atom stereocenters. The van der Waals surface area contributed by atoms with Crippen LogP contribution in [0.5, 0.6) is 0 Å². The van der Waals surface area contributed by atoms with Crippen LogP contribution in [0.25, 0.3) is 10.8 Å². The van der Waals surface area contributed by atoms with Crippen LogP contribution in [0.1, 0.15) is 38.2 Å². The van der Waals surface area contributed by atoms with E-state index in [2.05, 4.69) is 36.1 Å². The van der Waals surface area contributed by atoms with E-state index in [1.807, 2.05) is 6.20 Å². The Morgan fingerprint density at radius 3 is 2.76 bits per heavy atom. The zero-order valence-corrected chi connectivity index (χ0v) is 13.4. The number of anilines is 1. The van der Waals surface area contributed by atoms with E-state index >= 15 is 0 Å². The quantitative estimate of drug-likeness (QED) is 0.743. The van der Waals surface area contributed by atoms with Crippen LogP contribution >= 0.6 is 11.6 Å². The third-order valence-corrected chi connectivity index (χ3v) is 5.01. The highest BCUT2D eigenvalue weighted by Gasteiger charge is 2.19. The van der Waals surface area contributed by atoms with Crippen LogP contribution in [0.2, 0.25) is 0 Å². The number of alkyl halides is 1. The number of benzene rings is 1. The smallest absolute Gasteiger partial charge is 0.136 e. The molecule has 112 valence electrons. The maximum absolute atomic E-state index is 6.05. The third kappa shape index (κ3) is 3.01. The van der Waals surface area contributed by atoms with Crippen LogP contribution in [-0.2, 0) is 5.88 Å². The summed E-state index contributed by atoms with van der Waals surface area (Å²) >= 11 is 6.05. The molecule has 1 aliphatic heterocycles. The minimum absolute atomic E-state index is 0.520. The molecule has 1 aromatic carbocycles. The number of hydrogen-bond donors (Lipinski definition) is 0. The second-order valence-corrected chi connectivity index (χ2v) is 6.25. The summed E-state index contributed by atoms with van der Waals surface area (Å²) in [5, 5.41) is 2.49. The Balaban J connectivity index is 1.97. The highest BCUT2D eigenvalue weighted by atomic mass is 35.5. The number of nitrogens with zero attached hydrogens (tertiary/aromatic N) is 2. The highest BCUT2D eigenvalue weighted by molar-refractivity contribution is 6.18. The average Bonchev–Trinajstić information content (AvgIpc) is 2.79. The van der Waals surface area contributed by atoms with Gasteiger partial charge >= 0.3 is 0 Å². The van der Waals surface area contributed by atoms with Gasteiger partial charge in [-0.05, 0) is 36.1 Å². The van der Waals surface area contributed by atoms with E-state index in [1.54, 1.807) is 0 Å². The first-order valence-corrected chi connectivity index (χ1v) is 8.54. The van der Waals surface area contributed by atoms with Crippen molar-refractivity contribution >= 4 is 28.2 Å². The van der Waals surface area contributed by atoms with Crippen molar-refractivity contribution < 1.29 is 0 Å². The lowest BCUT2D eigenvalue weighted by atomic mass is 9.98. The van der Waals surface area contributed by atoms with Crippen LogP contribution in [0.15, 0.2) is 30.5 Å². The van der Waals surface area contributed by atoms with Gasteiger partial charge in [-0.3, -0.25) is 0 Å². The Hall–Kier alpha value is -1.28. The van der Waals surface area contributed by atoms with Crippen molar-refractivity contribution in [1.82, 2.24) is 4.98 Å². The van der Waals surface area contributed by atoms with Gasteiger partial charge in [-0.25, -0.2) is 4.98 Å². The lowest BCUT2D eigenvalue weighted by Crippen LogP contribution is -2.25. The van der Waals surface area contributed by atoms with Crippen LogP contribution in [0, 0.1) is 5.92 Å². The molecule has 2 aromatic rings. The molecule has 0 aliphatic carbocycles. The number of rotatable bonds is 3. The Morgan fingerprint density at radius 2 is 2.00 bits per heavy atom. The SMILES string of the molecule is CCC1CCCN(c2ncc(CCl)c3ccccc23)CC1. The minimum Gasteiger partial charge on any atom is -0.356 e. The summed E-state index contributed by atoms with van der Waals surface area (Å²) in [5.74, 6) is 2.53. The van der Waals surface area contributed by atoms with Gasteiger partial charge in [0.05, 0.1) is 0 Å². The summed E-state index contributed by atoms with van der Waals surface area (Å²) in [7, 11) is 0. The van der Waals surface area contributed by atoms with Crippen molar-refractivity contribution in [2.75, 3.05) is 18.0 Å². The Labute approximate surface area is 132 Å². The van der Waals surface area contributed by atoms with Gasteiger partial charge in [-0.1, -0.05) is 37.6 Å². The van der Waals surface area contributed by atoms with Crippen LogP contribution in [0.3, 0.4) is 0 Å². The van der Waals surface area contributed by atoms with Crippen LogP contribution < -0.4 is 4.90 Å². The van der Waals surface area contributed by atoms with E-state index in [9.17, 15) is 0 Å². The largest absolute Gasteiger partial charge is 0.356 e. The molecule has 1 atom stereocenters. The van der Waals surface area contributed by atoms with Crippen LogP contribution in [-0.4, -0.2) is 18.1 Å². The first-order chi connectivity index (χ1) is 10.3. The summed E-state index contributed by atoms with van der Waals surface area (Å²) in [6.45, 7) is 4.55. The van der Waals surface area contributed by atoms with E-state index in [0.717, 1.165) is 30.4 Å². The molecule has 21 heavy (non-hydrogen) atoms. The number of pyridine rings is 1. The summed E-state index contributed by atoms with van der Waals surface area (Å²) in [6, 6.07) is 8.51. The van der Waals surface area contributed by atoms with Gasteiger partial charge in [-0.2, -0.15) is 0 Å². The molecule has 3 heteroatoms. The van der Waals surface area contributed by atoms with Crippen molar-refractivity contribution in [3.63, 3.8) is 0 Å². The second kappa shape index (κ2) is 6.65. The fourth-order valence-electron chi connectivity index (χ4n) is 3.38. The Kier molecular flexibility index (Phi) is 4.64. The standard InChI is InChI=1S/C18H23ClN2/c1-2-14-6-5-10-21(11-9-14)18-17-8-4-3-7-16(17)15(12-19)13-20-18/h3-4,7-8,13-14H,2,5-6,9-12H2,1H3. The lowest BCUT2D eigenvalue weighted by Gasteiger charge is -2.24. The molecule has 1 saturated heterocycles. The zero-order chi connectivity index (χ0) is 14.7. The fourth-order valence-corrected chi connectivity index (χ4v) is 3.59. The molecular formula is C18H23ClN2. The van der Waals surface area contributed by atoms with E-state index in [4.69, 9.17) is 16.6 Å². The monoisotopic (exact) mass is 302 g/mol. The zero-order valence-electron chi connectivity index (χ0n) is 12.7. The lowest BCUT2D eigenvalue weighted by molar-refractivity contribution is 0.459. The summed E-state index contributed by atoms with van der Waals surface area (Å²) in [5.41, 5.74) is 1.12. The molecule has 0 bridgehead atoms. The van der Waals surface area contributed by atoms with Crippen LogP contribution in [0.4, 0.5) is 5.82 Å². The number of fused-ring (bicyclic) bond motifs is 1.